The summed E-state index contributed by atoms with van der Waals surface area (Å²) in [6.07, 6.45) is 6.37. The molecule has 5 rings (SSSR count). The molecule has 1 heterocycles. The lowest BCUT2D eigenvalue weighted by Gasteiger charge is -2.57. The predicted octanol–water partition coefficient (Wildman–Crippen LogP) is 3.53. The third kappa shape index (κ3) is 4.43. The molecule has 0 bridgehead atoms. The maximum absolute atomic E-state index is 12.9. The van der Waals surface area contributed by atoms with Crippen LogP contribution in [0.5, 0.6) is 0 Å². The van der Waals surface area contributed by atoms with Crippen molar-refractivity contribution < 1.29 is 38.7 Å². The fraction of sp³-hybridized carbons (Fsp3) is 0.750. The van der Waals surface area contributed by atoms with E-state index in [1.807, 2.05) is 0 Å². The van der Waals surface area contributed by atoms with Crippen molar-refractivity contribution in [3.05, 3.63) is 11.3 Å². The first-order valence-corrected chi connectivity index (χ1v) is 13.8. The van der Waals surface area contributed by atoms with Crippen molar-refractivity contribution in [2.45, 2.75) is 103 Å². The molecule has 6 atom stereocenters. The number of nitrogens with zero attached hydrogens (tertiary/aromatic N) is 1. The average Bonchev–Trinajstić information content (AvgIpc) is 3.34. The Labute approximate surface area is 216 Å². The van der Waals surface area contributed by atoms with E-state index >= 15 is 0 Å². The molecule has 4 fully saturated rings. The maximum Gasteiger partial charge on any atom is 0.333 e. The molecule has 1 aliphatic heterocycles. The van der Waals surface area contributed by atoms with Gasteiger partial charge in [-0.3, -0.25) is 19.2 Å². The van der Waals surface area contributed by atoms with E-state index in [0.717, 1.165) is 50.5 Å². The standard InChI is InChI=1S/C28H37NO8/c1-27-15-13-20(30)26(36-24(34)4-3-5-25(35)37-29-22(32)10-11-23(29)33)19(27)7-6-16-17-8-9-21(31)28(17,2)14-12-18(16)27/h16-18,21,31H,3-15H2,1-2H3/t16-,17-,18-,21-,27+,28-/m0/s1. The summed E-state index contributed by atoms with van der Waals surface area (Å²) in [5.41, 5.74) is 0.751. The summed E-state index contributed by atoms with van der Waals surface area (Å²) in [7, 11) is 0. The SMILES string of the molecule is C[C@]12CC[C@H]3[C@@H](CCC4=C(OC(=O)CCCC(=O)ON5C(=O)CCC5=O)C(=O)CC[C@@]43C)[C@@H]1CC[C@@H]2O. The Balaban J connectivity index is 1.22. The van der Waals surface area contributed by atoms with Gasteiger partial charge >= 0.3 is 11.9 Å². The number of ether oxygens (including phenoxy) is 1. The van der Waals surface area contributed by atoms with E-state index in [9.17, 15) is 29.1 Å². The number of amides is 2. The van der Waals surface area contributed by atoms with Crippen molar-refractivity contribution in [2.75, 3.05) is 0 Å². The smallest absolute Gasteiger partial charge is 0.333 e. The molecule has 0 radical (unpaired) electrons. The van der Waals surface area contributed by atoms with Gasteiger partial charge in [-0.1, -0.05) is 13.8 Å². The molecule has 3 saturated carbocycles. The van der Waals surface area contributed by atoms with E-state index in [4.69, 9.17) is 9.57 Å². The van der Waals surface area contributed by atoms with E-state index in [1.54, 1.807) is 0 Å². The first kappa shape index (κ1) is 26.1. The van der Waals surface area contributed by atoms with E-state index in [-0.39, 0.29) is 60.6 Å². The van der Waals surface area contributed by atoms with Crippen LogP contribution in [-0.2, 0) is 33.5 Å². The van der Waals surface area contributed by atoms with E-state index < -0.39 is 23.8 Å². The van der Waals surface area contributed by atoms with Gasteiger partial charge in [-0.15, -0.1) is 5.06 Å². The van der Waals surface area contributed by atoms with E-state index in [0.29, 0.717) is 29.2 Å². The van der Waals surface area contributed by atoms with Gasteiger partial charge in [0.1, 0.15) is 0 Å². The van der Waals surface area contributed by atoms with Crippen molar-refractivity contribution in [3.8, 4) is 0 Å². The molecule has 37 heavy (non-hydrogen) atoms. The van der Waals surface area contributed by atoms with Gasteiger partial charge in [0.2, 0.25) is 0 Å². The number of aliphatic hydroxyl groups is 1. The summed E-state index contributed by atoms with van der Waals surface area (Å²) in [4.78, 5) is 65.5. The van der Waals surface area contributed by atoms with Gasteiger partial charge in [0.15, 0.2) is 11.5 Å². The van der Waals surface area contributed by atoms with Crippen LogP contribution in [0.15, 0.2) is 11.3 Å². The van der Waals surface area contributed by atoms with E-state index in [2.05, 4.69) is 13.8 Å². The Kier molecular flexibility index (Phi) is 6.79. The Morgan fingerprint density at radius 3 is 2.32 bits per heavy atom. The topological polar surface area (TPSA) is 127 Å². The normalized spacial score (nSPS) is 37.3. The van der Waals surface area contributed by atoms with Crippen molar-refractivity contribution >= 4 is 29.5 Å². The highest BCUT2D eigenvalue weighted by Crippen LogP contribution is 2.65. The van der Waals surface area contributed by atoms with E-state index in [1.165, 1.54) is 0 Å². The molecule has 0 aromatic heterocycles. The molecule has 0 aromatic rings. The number of allylic oxidation sites excluding steroid dienone is 1. The number of Topliss-reactive ketones (excluding diaryl/α,β-unsaturated/α-hetero) is 1. The van der Waals surface area contributed by atoms with Crippen molar-refractivity contribution in [1.29, 1.82) is 0 Å². The zero-order valence-corrected chi connectivity index (χ0v) is 21.8. The fourth-order valence-corrected chi connectivity index (χ4v) is 8.10. The third-order valence-electron chi connectivity index (χ3n) is 10.2. The van der Waals surface area contributed by atoms with Crippen LogP contribution >= 0.6 is 0 Å². The molecule has 5 aliphatic rings. The lowest BCUT2D eigenvalue weighted by molar-refractivity contribution is -0.197. The van der Waals surface area contributed by atoms with Crippen LogP contribution in [0.25, 0.3) is 0 Å². The fourth-order valence-electron chi connectivity index (χ4n) is 8.10. The Morgan fingerprint density at radius 1 is 0.892 bits per heavy atom. The number of hydrogen-bond donors (Lipinski definition) is 1. The van der Waals surface area contributed by atoms with Crippen LogP contribution in [0.4, 0.5) is 0 Å². The van der Waals surface area contributed by atoms with Crippen molar-refractivity contribution in [2.24, 2.45) is 28.6 Å². The summed E-state index contributed by atoms with van der Waals surface area (Å²) in [6.45, 7) is 4.47. The quantitative estimate of drug-likeness (QED) is 0.420. The number of hydrogen-bond acceptors (Lipinski definition) is 8. The van der Waals surface area contributed by atoms with Gasteiger partial charge < -0.3 is 14.7 Å². The van der Waals surface area contributed by atoms with Crippen LogP contribution in [0.3, 0.4) is 0 Å². The average molecular weight is 516 g/mol. The van der Waals surface area contributed by atoms with Crippen LogP contribution in [0.1, 0.15) is 97.3 Å². The number of hydroxylamine groups is 2. The number of imide groups is 1. The first-order chi connectivity index (χ1) is 17.5. The van der Waals surface area contributed by atoms with Crippen LogP contribution in [0, 0.1) is 28.6 Å². The zero-order chi connectivity index (χ0) is 26.5. The number of rotatable bonds is 6. The summed E-state index contributed by atoms with van der Waals surface area (Å²) in [5, 5.41) is 11.2. The molecule has 202 valence electrons. The molecule has 9 heteroatoms. The lowest BCUT2D eigenvalue weighted by atomic mass is 9.47. The largest absolute Gasteiger partial charge is 0.423 e. The number of esters is 1. The molecule has 0 aromatic carbocycles. The number of carbonyl (C=O) groups is 5. The summed E-state index contributed by atoms with van der Waals surface area (Å²) in [5.74, 6) is -0.957. The zero-order valence-electron chi connectivity index (χ0n) is 21.8. The highest BCUT2D eigenvalue weighted by atomic mass is 16.7. The summed E-state index contributed by atoms with van der Waals surface area (Å²) >= 11 is 0. The minimum absolute atomic E-state index is 0.0188. The second-order valence-corrected chi connectivity index (χ2v) is 12.1. The number of aliphatic hydroxyl groups excluding tert-OH is 1. The maximum atomic E-state index is 12.9. The first-order valence-electron chi connectivity index (χ1n) is 13.8. The highest BCUT2D eigenvalue weighted by Gasteiger charge is 2.59. The molecule has 1 saturated heterocycles. The van der Waals surface area contributed by atoms with Crippen LogP contribution < -0.4 is 0 Å². The highest BCUT2D eigenvalue weighted by molar-refractivity contribution is 6.01. The Morgan fingerprint density at radius 2 is 1.59 bits per heavy atom. The number of fused-ring (bicyclic) bond motifs is 5. The Hall–Kier alpha value is -2.55. The van der Waals surface area contributed by atoms with Gasteiger partial charge in [-0.05, 0) is 85.5 Å². The van der Waals surface area contributed by atoms with Crippen LogP contribution in [-0.4, -0.2) is 45.8 Å². The molecular formula is C28H37NO8. The monoisotopic (exact) mass is 515 g/mol. The van der Waals surface area contributed by atoms with Gasteiger partial charge in [0.05, 0.1) is 6.10 Å². The second kappa shape index (κ2) is 9.64. The van der Waals surface area contributed by atoms with Crippen molar-refractivity contribution in [3.63, 3.8) is 0 Å². The van der Waals surface area contributed by atoms with Crippen LogP contribution in [0.2, 0.25) is 0 Å². The Bertz CT molecular complexity index is 1050. The van der Waals surface area contributed by atoms with Gasteiger partial charge in [-0.25, -0.2) is 4.79 Å². The summed E-state index contributed by atoms with van der Waals surface area (Å²) < 4.78 is 5.67. The molecule has 0 spiro atoms. The lowest BCUT2D eigenvalue weighted by Crippen LogP contribution is -2.51. The second-order valence-electron chi connectivity index (χ2n) is 12.1. The molecule has 9 nitrogen and oxygen atoms in total. The molecule has 2 amide bonds. The minimum Gasteiger partial charge on any atom is -0.423 e. The minimum atomic E-state index is -0.764. The molecule has 1 N–H and O–H groups in total. The van der Waals surface area contributed by atoms with Gasteiger partial charge in [-0.2, -0.15) is 0 Å². The predicted molar refractivity (Wildman–Crippen MR) is 129 cm³/mol. The summed E-state index contributed by atoms with van der Waals surface area (Å²) in [6, 6.07) is 0. The van der Waals surface area contributed by atoms with Gasteiger partial charge in [0, 0.05) is 32.1 Å². The molecule has 4 aliphatic carbocycles. The van der Waals surface area contributed by atoms with Gasteiger partial charge in [0.25, 0.3) is 11.8 Å². The third-order valence-corrected chi connectivity index (χ3v) is 10.2. The molecular weight excluding hydrogens is 478 g/mol. The molecule has 0 unspecified atom stereocenters. The number of carbonyl (C=O) groups excluding carboxylic acids is 5. The number of ketones is 1. The van der Waals surface area contributed by atoms with Crippen molar-refractivity contribution in [1.82, 2.24) is 5.06 Å².